The average Bonchev–Trinajstić information content (AvgIpc) is 2.95. The molecule has 3 amide bonds. The molecule has 1 heterocycles. The summed E-state index contributed by atoms with van der Waals surface area (Å²) in [4.78, 5) is 51.2. The molecule has 1 aliphatic heterocycles. The van der Waals surface area contributed by atoms with Gasteiger partial charge in [0.1, 0.15) is 18.1 Å². The maximum atomic E-state index is 13.0. The van der Waals surface area contributed by atoms with E-state index >= 15 is 0 Å². The summed E-state index contributed by atoms with van der Waals surface area (Å²) in [5.74, 6) is -1.94. The van der Waals surface area contributed by atoms with Crippen LogP contribution in [0.1, 0.15) is 17.5 Å². The summed E-state index contributed by atoms with van der Waals surface area (Å²) >= 11 is 0. The van der Waals surface area contributed by atoms with E-state index in [0.29, 0.717) is 6.42 Å². The van der Waals surface area contributed by atoms with Crippen LogP contribution in [0.25, 0.3) is 21.5 Å². The first-order valence-electron chi connectivity index (χ1n) is 12.8. The van der Waals surface area contributed by atoms with Crippen LogP contribution in [0.15, 0.2) is 84.9 Å². The first-order valence-corrected chi connectivity index (χ1v) is 12.8. The van der Waals surface area contributed by atoms with Crippen molar-refractivity contribution in [2.45, 2.75) is 37.4 Å². The Morgan fingerprint density at radius 2 is 1.38 bits per heavy atom. The summed E-state index contributed by atoms with van der Waals surface area (Å²) in [5, 5.41) is 12.1. The molecule has 3 N–H and O–H groups in total. The summed E-state index contributed by atoms with van der Waals surface area (Å²) in [6, 6.07) is 24.5. The number of rotatable bonds is 8. The molecule has 3 atom stereocenters. The maximum Gasteiger partial charge on any atom is 0.328 e. The van der Waals surface area contributed by atoms with E-state index in [0.717, 1.165) is 32.7 Å². The number of benzene rings is 4. The van der Waals surface area contributed by atoms with Gasteiger partial charge in [-0.15, -0.1) is 0 Å². The van der Waals surface area contributed by atoms with Gasteiger partial charge in [0.25, 0.3) is 0 Å². The Morgan fingerprint density at radius 3 is 2.03 bits per heavy atom. The predicted octanol–water partition coefficient (Wildman–Crippen LogP) is 2.81. The molecule has 0 saturated carbocycles. The van der Waals surface area contributed by atoms with Gasteiger partial charge in [-0.2, -0.15) is 0 Å². The van der Waals surface area contributed by atoms with Gasteiger partial charge in [0, 0.05) is 12.8 Å². The Morgan fingerprint density at radius 1 is 0.821 bits per heavy atom. The van der Waals surface area contributed by atoms with Crippen LogP contribution in [0.2, 0.25) is 0 Å². The molecule has 198 valence electrons. The zero-order valence-corrected chi connectivity index (χ0v) is 21.5. The third kappa shape index (κ3) is 5.75. The second-order valence-electron chi connectivity index (χ2n) is 9.66. The topological polar surface area (TPSA) is 114 Å². The number of carbonyl (C=O) groups is 4. The lowest BCUT2D eigenvalue weighted by atomic mass is 9.92. The van der Waals surface area contributed by atoms with E-state index in [1.807, 2.05) is 78.9 Å². The minimum Gasteiger partial charge on any atom is -0.467 e. The maximum absolute atomic E-state index is 13.0. The van der Waals surface area contributed by atoms with Crippen molar-refractivity contribution in [1.29, 1.82) is 0 Å². The van der Waals surface area contributed by atoms with Crippen molar-refractivity contribution in [3.8, 4) is 0 Å². The zero-order chi connectivity index (χ0) is 27.4. The molecule has 1 saturated heterocycles. The van der Waals surface area contributed by atoms with Crippen LogP contribution in [-0.2, 0) is 36.8 Å². The van der Waals surface area contributed by atoms with E-state index in [-0.39, 0.29) is 18.7 Å². The monoisotopic (exact) mass is 523 g/mol. The van der Waals surface area contributed by atoms with Crippen molar-refractivity contribution >= 4 is 45.2 Å². The lowest BCUT2D eigenvalue weighted by molar-refractivity contribution is -0.145. The highest BCUT2D eigenvalue weighted by Crippen LogP contribution is 2.29. The number of amides is 3. The Balaban J connectivity index is 1.31. The molecule has 1 fully saturated rings. The van der Waals surface area contributed by atoms with E-state index in [9.17, 15) is 19.2 Å². The summed E-state index contributed by atoms with van der Waals surface area (Å²) in [5.41, 5.74) is 1.82. The minimum absolute atomic E-state index is 0.197. The first-order chi connectivity index (χ1) is 18.9. The second-order valence-corrected chi connectivity index (χ2v) is 9.66. The third-order valence-electron chi connectivity index (χ3n) is 7.05. The first kappa shape index (κ1) is 25.9. The fraction of sp³-hybridized carbons (Fsp3) is 0.226. The molecule has 5 rings (SSSR count). The average molecular weight is 524 g/mol. The second kappa shape index (κ2) is 11.3. The summed E-state index contributed by atoms with van der Waals surface area (Å²) in [7, 11) is 1.27. The van der Waals surface area contributed by atoms with E-state index in [2.05, 4.69) is 22.0 Å². The van der Waals surface area contributed by atoms with Crippen molar-refractivity contribution in [2.24, 2.45) is 0 Å². The highest BCUT2D eigenvalue weighted by Gasteiger charge is 2.35. The number of esters is 1. The number of hydrogen-bond acceptors (Lipinski definition) is 5. The molecule has 0 unspecified atom stereocenters. The molecule has 1 aliphatic rings. The van der Waals surface area contributed by atoms with Crippen LogP contribution in [0.5, 0.6) is 0 Å². The molecule has 0 spiro atoms. The van der Waals surface area contributed by atoms with Crippen LogP contribution in [-0.4, -0.2) is 48.9 Å². The minimum atomic E-state index is -1.04. The Kier molecular flexibility index (Phi) is 7.54. The van der Waals surface area contributed by atoms with E-state index in [1.165, 1.54) is 7.11 Å². The molecule has 0 aliphatic carbocycles. The molecular weight excluding hydrogens is 494 g/mol. The van der Waals surface area contributed by atoms with Gasteiger partial charge in [-0.25, -0.2) is 4.79 Å². The number of fused-ring (bicyclic) bond motifs is 2. The van der Waals surface area contributed by atoms with Gasteiger partial charge in [0.2, 0.25) is 17.7 Å². The van der Waals surface area contributed by atoms with Crippen LogP contribution in [0.3, 0.4) is 0 Å². The van der Waals surface area contributed by atoms with Crippen molar-refractivity contribution in [2.75, 3.05) is 7.11 Å². The molecule has 8 nitrogen and oxygen atoms in total. The Bertz CT molecular complexity index is 1500. The van der Waals surface area contributed by atoms with Crippen LogP contribution in [0.4, 0.5) is 0 Å². The molecule has 4 aromatic rings. The fourth-order valence-corrected chi connectivity index (χ4v) is 5.12. The molecule has 0 aromatic heterocycles. The lowest BCUT2D eigenvalue weighted by Crippen LogP contribution is -2.63. The zero-order valence-electron chi connectivity index (χ0n) is 21.5. The normalized spacial score (nSPS) is 17.8. The van der Waals surface area contributed by atoms with Crippen molar-refractivity contribution in [1.82, 2.24) is 16.0 Å². The molecule has 4 aromatic carbocycles. The molecule has 0 radical (unpaired) electrons. The van der Waals surface area contributed by atoms with Gasteiger partial charge in [0.05, 0.1) is 13.5 Å². The van der Waals surface area contributed by atoms with Gasteiger partial charge in [0.15, 0.2) is 0 Å². The summed E-state index contributed by atoms with van der Waals surface area (Å²) < 4.78 is 5.01. The van der Waals surface area contributed by atoms with Crippen molar-refractivity contribution < 1.29 is 23.9 Å². The summed E-state index contributed by atoms with van der Waals surface area (Å²) in [6.45, 7) is 0. The highest BCUT2D eigenvalue weighted by atomic mass is 16.5. The van der Waals surface area contributed by atoms with E-state index < -0.39 is 35.9 Å². The van der Waals surface area contributed by atoms with Crippen molar-refractivity contribution in [3.05, 3.63) is 96.1 Å². The SMILES string of the molecule is COC(=O)[C@@H](Cc1c2ccccc2cc2ccccc12)NC(=O)C[C@@H]1NC(=O)[C@H](Cc2ccccc2)NC1=O. The molecule has 0 bridgehead atoms. The van der Waals surface area contributed by atoms with Gasteiger partial charge < -0.3 is 20.7 Å². The number of ether oxygens (including phenoxy) is 1. The Labute approximate surface area is 225 Å². The van der Waals surface area contributed by atoms with Gasteiger partial charge in [-0.05, 0) is 38.7 Å². The van der Waals surface area contributed by atoms with Crippen molar-refractivity contribution in [3.63, 3.8) is 0 Å². The number of piperazine rings is 1. The molecule has 39 heavy (non-hydrogen) atoms. The largest absolute Gasteiger partial charge is 0.467 e. The lowest BCUT2D eigenvalue weighted by Gasteiger charge is -2.29. The number of nitrogens with one attached hydrogen (secondary N) is 3. The smallest absolute Gasteiger partial charge is 0.328 e. The third-order valence-corrected chi connectivity index (χ3v) is 7.05. The van der Waals surface area contributed by atoms with Gasteiger partial charge in [-0.3, -0.25) is 14.4 Å². The fourth-order valence-electron chi connectivity index (χ4n) is 5.12. The Hall–Kier alpha value is -4.72. The molecule has 8 heteroatoms. The quantitative estimate of drug-likeness (QED) is 0.243. The highest BCUT2D eigenvalue weighted by molar-refractivity contribution is 6.03. The predicted molar refractivity (Wildman–Crippen MR) is 148 cm³/mol. The van der Waals surface area contributed by atoms with E-state index in [4.69, 9.17) is 4.74 Å². The number of hydrogen-bond donors (Lipinski definition) is 3. The van der Waals surface area contributed by atoms with Gasteiger partial charge >= 0.3 is 5.97 Å². The number of methoxy groups -OCH3 is 1. The van der Waals surface area contributed by atoms with Crippen LogP contribution >= 0.6 is 0 Å². The van der Waals surface area contributed by atoms with E-state index in [1.54, 1.807) is 0 Å². The standard InChI is InChI=1S/C31H29N3O5/c1-39-31(38)27(17-24-22-13-7-5-11-20(22)16-21-12-6-8-14-23(21)24)32-28(35)18-26-30(37)33-25(29(36)34-26)15-19-9-3-2-4-10-19/h2-14,16,25-27H,15,17-18H2,1H3,(H,32,35)(H,33,37)(H,34,36)/t25-,26-,27+/m0/s1. The number of carbonyl (C=O) groups excluding carboxylic acids is 4. The van der Waals surface area contributed by atoms with Gasteiger partial charge in [-0.1, -0.05) is 78.9 Å². The van der Waals surface area contributed by atoms with Crippen LogP contribution in [0, 0.1) is 0 Å². The summed E-state index contributed by atoms with van der Waals surface area (Å²) in [6.07, 6.45) is 0.239. The molecular formula is C31H29N3O5. The van der Waals surface area contributed by atoms with Crippen LogP contribution < -0.4 is 16.0 Å².